The Morgan fingerprint density at radius 1 is 1.06 bits per heavy atom. The fraction of sp³-hybridized carbons (Fsp3) is 0.320. The summed E-state index contributed by atoms with van der Waals surface area (Å²) >= 11 is 0. The number of aromatic nitrogens is 2. The molecule has 0 spiro atoms. The van der Waals surface area contributed by atoms with Crippen LogP contribution in [-0.2, 0) is 10.2 Å². The van der Waals surface area contributed by atoms with E-state index in [4.69, 9.17) is 9.84 Å². The highest BCUT2D eigenvalue weighted by molar-refractivity contribution is 5.96. The topological polar surface area (TPSA) is 88.5 Å². The maximum atomic E-state index is 12.8. The van der Waals surface area contributed by atoms with Gasteiger partial charge in [-0.1, -0.05) is 45.0 Å². The number of carbonyl (C=O) groups is 2. The summed E-state index contributed by atoms with van der Waals surface area (Å²) in [5.41, 5.74) is 3.16. The number of carbonyl (C=O) groups excluding carboxylic acids is 2. The predicted octanol–water partition coefficient (Wildman–Crippen LogP) is 4.59. The van der Waals surface area contributed by atoms with Gasteiger partial charge in [-0.15, -0.1) is 0 Å². The molecule has 0 fully saturated rings. The van der Waals surface area contributed by atoms with Crippen LogP contribution in [0.1, 0.15) is 32.0 Å². The molecule has 0 radical (unpaired) electrons. The monoisotopic (exact) mass is 449 g/mol. The molecule has 3 amide bonds. The molecule has 3 aromatic rings. The molecule has 0 bridgehead atoms. The molecule has 8 nitrogen and oxygen atoms in total. The van der Waals surface area contributed by atoms with E-state index in [0.29, 0.717) is 17.3 Å². The van der Waals surface area contributed by atoms with E-state index < -0.39 is 6.03 Å². The molecule has 0 saturated carbocycles. The van der Waals surface area contributed by atoms with Crippen molar-refractivity contribution < 1.29 is 14.3 Å². The van der Waals surface area contributed by atoms with E-state index in [1.54, 1.807) is 43.1 Å². The molecular formula is C25H31N5O3. The molecule has 33 heavy (non-hydrogen) atoms. The van der Waals surface area contributed by atoms with Gasteiger partial charge in [0.25, 0.3) is 0 Å². The molecule has 1 heterocycles. The third kappa shape index (κ3) is 5.91. The molecule has 0 aliphatic heterocycles. The SMILES string of the molecule is COc1cccc(NC(=O)N(C)CC(=O)Nc2cc(C(C)(C)C)nn2-c2ccccc2C)c1. The standard InChI is InChI=1S/C25H31N5O3/c1-17-10-7-8-13-20(17)30-22(15-21(28-30)25(2,3)4)27-23(31)16-29(5)24(32)26-18-11-9-12-19(14-18)33-6/h7-15H,16H2,1-6H3,(H,26,32)(H,27,31). The van der Waals surface area contributed by atoms with Crippen LogP contribution in [0.25, 0.3) is 5.69 Å². The van der Waals surface area contributed by atoms with Crippen molar-refractivity contribution in [2.75, 3.05) is 31.3 Å². The second kappa shape index (κ2) is 9.77. The van der Waals surface area contributed by atoms with E-state index in [0.717, 1.165) is 16.9 Å². The summed E-state index contributed by atoms with van der Waals surface area (Å²) in [6.45, 7) is 8.08. The number of hydrogen-bond donors (Lipinski definition) is 2. The summed E-state index contributed by atoms with van der Waals surface area (Å²) in [4.78, 5) is 26.7. The van der Waals surface area contributed by atoms with Crippen LogP contribution in [0.2, 0.25) is 0 Å². The fourth-order valence-electron chi connectivity index (χ4n) is 3.21. The lowest BCUT2D eigenvalue weighted by molar-refractivity contribution is -0.116. The molecule has 1 aromatic heterocycles. The van der Waals surface area contributed by atoms with Crippen LogP contribution < -0.4 is 15.4 Å². The molecule has 0 aliphatic rings. The van der Waals surface area contributed by atoms with Crippen LogP contribution in [0.15, 0.2) is 54.6 Å². The molecule has 2 aromatic carbocycles. The van der Waals surface area contributed by atoms with Crippen LogP contribution in [-0.4, -0.2) is 47.3 Å². The number of urea groups is 1. The molecule has 0 saturated heterocycles. The van der Waals surface area contributed by atoms with Crippen molar-refractivity contribution in [1.82, 2.24) is 14.7 Å². The largest absolute Gasteiger partial charge is 0.497 e. The first-order chi connectivity index (χ1) is 15.6. The Morgan fingerprint density at radius 3 is 2.45 bits per heavy atom. The van der Waals surface area contributed by atoms with E-state index >= 15 is 0 Å². The Labute approximate surface area is 194 Å². The van der Waals surface area contributed by atoms with Crippen molar-refractivity contribution in [1.29, 1.82) is 0 Å². The van der Waals surface area contributed by atoms with Gasteiger partial charge in [-0.05, 0) is 30.7 Å². The van der Waals surface area contributed by atoms with E-state index in [1.165, 1.54) is 4.90 Å². The number of benzene rings is 2. The van der Waals surface area contributed by atoms with Crippen LogP contribution in [0.5, 0.6) is 5.75 Å². The first-order valence-corrected chi connectivity index (χ1v) is 10.7. The number of nitrogens with zero attached hydrogens (tertiary/aromatic N) is 3. The third-order valence-corrected chi connectivity index (χ3v) is 5.14. The van der Waals surface area contributed by atoms with Crippen molar-refractivity contribution in [3.8, 4) is 11.4 Å². The van der Waals surface area contributed by atoms with Gasteiger partial charge < -0.3 is 20.3 Å². The van der Waals surface area contributed by atoms with Crippen molar-refractivity contribution in [3.05, 3.63) is 65.9 Å². The number of amides is 3. The number of anilines is 2. The van der Waals surface area contributed by atoms with E-state index in [-0.39, 0.29) is 17.9 Å². The Kier molecular flexibility index (Phi) is 7.06. The van der Waals surface area contributed by atoms with Gasteiger partial charge in [-0.3, -0.25) is 4.79 Å². The highest BCUT2D eigenvalue weighted by atomic mass is 16.5. The summed E-state index contributed by atoms with van der Waals surface area (Å²) in [6, 6.07) is 16.3. The highest BCUT2D eigenvalue weighted by Crippen LogP contribution is 2.27. The lowest BCUT2D eigenvalue weighted by Crippen LogP contribution is -2.37. The Morgan fingerprint density at radius 2 is 1.79 bits per heavy atom. The number of hydrogen-bond acceptors (Lipinski definition) is 4. The molecule has 3 rings (SSSR count). The first-order valence-electron chi connectivity index (χ1n) is 10.7. The van der Waals surface area contributed by atoms with Crippen LogP contribution in [0.3, 0.4) is 0 Å². The molecule has 174 valence electrons. The first kappa shape index (κ1) is 23.8. The second-order valence-corrected chi connectivity index (χ2v) is 8.93. The lowest BCUT2D eigenvalue weighted by atomic mass is 9.92. The Bertz CT molecular complexity index is 1150. The normalized spacial score (nSPS) is 11.1. The van der Waals surface area contributed by atoms with Gasteiger partial charge in [-0.2, -0.15) is 5.10 Å². The van der Waals surface area contributed by atoms with E-state index in [2.05, 4.69) is 31.4 Å². The van der Waals surface area contributed by atoms with Gasteiger partial charge in [0.1, 0.15) is 18.1 Å². The minimum atomic E-state index is -0.402. The molecule has 0 unspecified atom stereocenters. The average Bonchev–Trinajstić information content (AvgIpc) is 3.18. The molecular weight excluding hydrogens is 418 g/mol. The van der Waals surface area contributed by atoms with E-state index in [1.807, 2.05) is 37.3 Å². The molecule has 2 N–H and O–H groups in total. The van der Waals surface area contributed by atoms with Crippen LogP contribution in [0.4, 0.5) is 16.3 Å². The van der Waals surface area contributed by atoms with Crippen molar-refractivity contribution in [3.63, 3.8) is 0 Å². The van der Waals surface area contributed by atoms with Crippen molar-refractivity contribution in [2.45, 2.75) is 33.1 Å². The number of ether oxygens (including phenoxy) is 1. The quantitative estimate of drug-likeness (QED) is 0.576. The van der Waals surface area contributed by atoms with Gasteiger partial charge in [-0.25, -0.2) is 9.48 Å². The minimum absolute atomic E-state index is 0.125. The van der Waals surface area contributed by atoms with Gasteiger partial charge in [0.2, 0.25) is 5.91 Å². The zero-order chi connectivity index (χ0) is 24.2. The predicted molar refractivity (Wildman–Crippen MR) is 130 cm³/mol. The van der Waals surface area contributed by atoms with Crippen molar-refractivity contribution >= 4 is 23.4 Å². The van der Waals surface area contributed by atoms with Crippen LogP contribution in [0, 0.1) is 6.92 Å². The zero-order valence-electron chi connectivity index (χ0n) is 20.0. The summed E-state index contributed by atoms with van der Waals surface area (Å²) in [5, 5.41) is 10.4. The fourth-order valence-corrected chi connectivity index (χ4v) is 3.21. The Hall–Kier alpha value is -3.81. The van der Waals surface area contributed by atoms with Gasteiger partial charge >= 0.3 is 6.03 Å². The summed E-state index contributed by atoms with van der Waals surface area (Å²) in [7, 11) is 3.12. The maximum absolute atomic E-state index is 12.8. The van der Waals surface area contributed by atoms with Crippen molar-refractivity contribution in [2.24, 2.45) is 0 Å². The molecule has 0 atom stereocenters. The van der Waals surface area contributed by atoms with E-state index in [9.17, 15) is 9.59 Å². The third-order valence-electron chi connectivity index (χ3n) is 5.14. The average molecular weight is 450 g/mol. The second-order valence-electron chi connectivity index (χ2n) is 8.93. The number of para-hydroxylation sites is 1. The van der Waals surface area contributed by atoms with Crippen LogP contribution >= 0.6 is 0 Å². The number of rotatable bonds is 6. The minimum Gasteiger partial charge on any atom is -0.497 e. The van der Waals surface area contributed by atoms with Gasteiger partial charge in [0, 0.05) is 30.3 Å². The number of methoxy groups -OCH3 is 1. The number of nitrogens with one attached hydrogen (secondary N) is 2. The lowest BCUT2D eigenvalue weighted by Gasteiger charge is -2.18. The molecule has 8 heteroatoms. The summed E-state index contributed by atoms with van der Waals surface area (Å²) in [6.07, 6.45) is 0. The summed E-state index contributed by atoms with van der Waals surface area (Å²) < 4.78 is 6.91. The molecule has 0 aliphatic carbocycles. The maximum Gasteiger partial charge on any atom is 0.322 e. The number of likely N-dealkylation sites (N-methyl/N-ethyl adjacent to an activating group) is 1. The van der Waals surface area contributed by atoms with Gasteiger partial charge in [0.15, 0.2) is 0 Å². The Balaban J connectivity index is 1.74. The summed E-state index contributed by atoms with van der Waals surface area (Å²) in [5.74, 6) is 0.863. The zero-order valence-corrected chi connectivity index (χ0v) is 20.0. The van der Waals surface area contributed by atoms with Gasteiger partial charge in [0.05, 0.1) is 18.5 Å². The smallest absolute Gasteiger partial charge is 0.322 e. The number of aryl methyl sites for hydroxylation is 1. The highest BCUT2D eigenvalue weighted by Gasteiger charge is 2.23.